The van der Waals surface area contributed by atoms with Crippen molar-refractivity contribution >= 4 is 40.8 Å². The Morgan fingerprint density at radius 3 is 2.50 bits per heavy atom. The van der Waals surface area contributed by atoms with Gasteiger partial charge in [0.2, 0.25) is 0 Å². The summed E-state index contributed by atoms with van der Waals surface area (Å²) in [5, 5.41) is 7.09. The summed E-state index contributed by atoms with van der Waals surface area (Å²) in [6, 6.07) is 12.1. The Bertz CT molecular complexity index is 1040. The molecule has 6 nitrogen and oxygen atoms in total. The Labute approximate surface area is 169 Å². The highest BCUT2D eigenvalue weighted by molar-refractivity contribution is 6.34. The van der Waals surface area contributed by atoms with Crippen LogP contribution in [0.1, 0.15) is 16.1 Å². The van der Waals surface area contributed by atoms with Crippen molar-refractivity contribution in [2.24, 2.45) is 0 Å². The standard InChI is InChI=1S/C19H14Cl2FN3O3/c1-11-17(18(21)25(24-11)13-8-6-12(22)7-9-13)19(27)28-10-16(26)23-15-5-3-2-4-14(15)20/h2-9H,10H2,1H3,(H,23,26). The molecule has 0 unspecified atom stereocenters. The number of nitrogens with zero attached hydrogens (tertiary/aromatic N) is 2. The molecule has 0 spiro atoms. The summed E-state index contributed by atoms with van der Waals surface area (Å²) in [6.07, 6.45) is 0. The van der Waals surface area contributed by atoms with Crippen LogP contribution in [0.5, 0.6) is 0 Å². The zero-order chi connectivity index (χ0) is 20.3. The first-order valence-corrected chi connectivity index (χ1v) is 8.85. The van der Waals surface area contributed by atoms with Gasteiger partial charge < -0.3 is 10.1 Å². The number of rotatable bonds is 5. The van der Waals surface area contributed by atoms with Gasteiger partial charge in [-0.15, -0.1) is 0 Å². The molecule has 0 fully saturated rings. The Morgan fingerprint density at radius 1 is 1.14 bits per heavy atom. The topological polar surface area (TPSA) is 73.2 Å². The second-order valence-corrected chi connectivity index (χ2v) is 6.51. The van der Waals surface area contributed by atoms with Crippen LogP contribution in [0.2, 0.25) is 10.2 Å². The number of aromatic nitrogens is 2. The molecule has 1 N–H and O–H groups in total. The van der Waals surface area contributed by atoms with Crippen LogP contribution in [0.3, 0.4) is 0 Å². The second kappa shape index (κ2) is 8.41. The summed E-state index contributed by atoms with van der Waals surface area (Å²) >= 11 is 12.2. The number of hydrogen-bond acceptors (Lipinski definition) is 4. The van der Waals surface area contributed by atoms with E-state index in [2.05, 4.69) is 10.4 Å². The molecule has 0 radical (unpaired) electrons. The molecule has 1 aromatic heterocycles. The summed E-state index contributed by atoms with van der Waals surface area (Å²) < 4.78 is 19.4. The normalized spacial score (nSPS) is 10.6. The van der Waals surface area contributed by atoms with Gasteiger partial charge in [-0.1, -0.05) is 35.3 Å². The van der Waals surface area contributed by atoms with Crippen molar-refractivity contribution in [2.45, 2.75) is 6.92 Å². The number of amides is 1. The molecule has 2 aromatic carbocycles. The van der Waals surface area contributed by atoms with E-state index in [0.717, 1.165) is 0 Å². The Balaban J connectivity index is 1.70. The molecule has 0 bridgehead atoms. The summed E-state index contributed by atoms with van der Waals surface area (Å²) in [5.74, 6) is -1.76. The summed E-state index contributed by atoms with van der Waals surface area (Å²) in [5.41, 5.74) is 1.22. The highest BCUT2D eigenvalue weighted by Crippen LogP contribution is 2.25. The van der Waals surface area contributed by atoms with Crippen LogP contribution < -0.4 is 5.32 Å². The van der Waals surface area contributed by atoms with Crippen molar-refractivity contribution in [1.82, 2.24) is 9.78 Å². The van der Waals surface area contributed by atoms with Crippen LogP contribution in [-0.2, 0) is 9.53 Å². The van der Waals surface area contributed by atoms with Gasteiger partial charge in [-0.3, -0.25) is 4.79 Å². The lowest BCUT2D eigenvalue weighted by Crippen LogP contribution is -2.21. The average molecular weight is 422 g/mol. The van der Waals surface area contributed by atoms with E-state index >= 15 is 0 Å². The van der Waals surface area contributed by atoms with Crippen LogP contribution in [-0.4, -0.2) is 28.3 Å². The molecule has 0 saturated heterocycles. The summed E-state index contributed by atoms with van der Waals surface area (Å²) in [4.78, 5) is 24.4. The highest BCUT2D eigenvalue weighted by Gasteiger charge is 2.23. The monoisotopic (exact) mass is 421 g/mol. The number of anilines is 1. The van der Waals surface area contributed by atoms with Crippen molar-refractivity contribution < 1.29 is 18.7 Å². The van der Waals surface area contributed by atoms with Crippen molar-refractivity contribution in [3.8, 4) is 5.69 Å². The maximum Gasteiger partial charge on any atom is 0.343 e. The predicted octanol–water partition coefficient (Wildman–Crippen LogP) is 4.42. The molecule has 9 heteroatoms. The molecule has 0 saturated carbocycles. The fourth-order valence-corrected chi connectivity index (χ4v) is 2.97. The first-order chi connectivity index (χ1) is 13.4. The largest absolute Gasteiger partial charge is 0.452 e. The summed E-state index contributed by atoms with van der Waals surface area (Å²) in [7, 11) is 0. The molecular formula is C19H14Cl2FN3O3. The van der Waals surface area contributed by atoms with E-state index < -0.39 is 24.3 Å². The second-order valence-electron chi connectivity index (χ2n) is 5.74. The number of carbonyl (C=O) groups is 2. The molecule has 0 atom stereocenters. The van der Waals surface area contributed by atoms with Crippen LogP contribution in [0.25, 0.3) is 5.69 Å². The van der Waals surface area contributed by atoms with Gasteiger partial charge in [0.1, 0.15) is 16.5 Å². The maximum atomic E-state index is 13.1. The molecule has 144 valence electrons. The van der Waals surface area contributed by atoms with Gasteiger partial charge in [-0.25, -0.2) is 13.9 Å². The Kier molecular flexibility index (Phi) is 5.96. The minimum Gasteiger partial charge on any atom is -0.452 e. The van der Waals surface area contributed by atoms with Crippen LogP contribution in [0, 0.1) is 12.7 Å². The molecule has 1 amide bonds. The van der Waals surface area contributed by atoms with E-state index in [1.54, 1.807) is 31.2 Å². The van der Waals surface area contributed by atoms with Gasteiger partial charge in [0.05, 0.1) is 22.1 Å². The lowest BCUT2D eigenvalue weighted by molar-refractivity contribution is -0.119. The van der Waals surface area contributed by atoms with E-state index in [9.17, 15) is 14.0 Å². The number of hydrogen-bond donors (Lipinski definition) is 1. The number of halogens is 3. The predicted molar refractivity (Wildman–Crippen MR) is 104 cm³/mol. The molecule has 0 aliphatic heterocycles. The van der Waals surface area contributed by atoms with Crippen molar-refractivity contribution in [3.05, 3.63) is 75.8 Å². The SMILES string of the molecule is Cc1nn(-c2ccc(F)cc2)c(Cl)c1C(=O)OCC(=O)Nc1ccccc1Cl. The van der Waals surface area contributed by atoms with Crippen LogP contribution in [0.15, 0.2) is 48.5 Å². The van der Waals surface area contributed by atoms with Gasteiger partial charge in [0.25, 0.3) is 5.91 Å². The van der Waals surface area contributed by atoms with Gasteiger partial charge in [-0.05, 0) is 43.3 Å². The molecule has 28 heavy (non-hydrogen) atoms. The maximum absolute atomic E-state index is 13.1. The summed E-state index contributed by atoms with van der Waals surface area (Å²) in [6.45, 7) is 1.05. The van der Waals surface area contributed by atoms with Gasteiger partial charge in [-0.2, -0.15) is 5.10 Å². The number of ether oxygens (including phenoxy) is 1. The van der Waals surface area contributed by atoms with Crippen LogP contribution >= 0.6 is 23.2 Å². The number of nitrogens with one attached hydrogen (secondary N) is 1. The number of carbonyl (C=O) groups excluding carboxylic acids is 2. The van der Waals surface area contributed by atoms with Crippen molar-refractivity contribution in [3.63, 3.8) is 0 Å². The quantitative estimate of drug-likeness (QED) is 0.618. The third kappa shape index (κ3) is 4.32. The number of para-hydroxylation sites is 1. The smallest absolute Gasteiger partial charge is 0.343 e. The minimum absolute atomic E-state index is 0.000574. The van der Waals surface area contributed by atoms with E-state index in [0.29, 0.717) is 22.1 Å². The van der Waals surface area contributed by atoms with Crippen LogP contribution in [0.4, 0.5) is 10.1 Å². The number of aryl methyl sites for hydroxylation is 1. The fraction of sp³-hybridized carbons (Fsp3) is 0.105. The van der Waals surface area contributed by atoms with Gasteiger partial charge in [0.15, 0.2) is 6.61 Å². The minimum atomic E-state index is -0.801. The van der Waals surface area contributed by atoms with Crippen molar-refractivity contribution in [1.29, 1.82) is 0 Å². The molecule has 0 aliphatic carbocycles. The van der Waals surface area contributed by atoms with E-state index in [-0.39, 0.29) is 10.7 Å². The van der Waals surface area contributed by atoms with Crippen molar-refractivity contribution in [2.75, 3.05) is 11.9 Å². The number of esters is 1. The Hall–Kier alpha value is -2.90. The average Bonchev–Trinajstić information content (AvgIpc) is 2.96. The fourth-order valence-electron chi connectivity index (χ4n) is 2.44. The lowest BCUT2D eigenvalue weighted by Gasteiger charge is -2.08. The molecule has 1 heterocycles. The zero-order valence-electron chi connectivity index (χ0n) is 14.6. The highest BCUT2D eigenvalue weighted by atomic mass is 35.5. The molecule has 3 aromatic rings. The first kappa shape index (κ1) is 19.9. The lowest BCUT2D eigenvalue weighted by atomic mass is 10.2. The Morgan fingerprint density at radius 2 is 1.82 bits per heavy atom. The number of benzene rings is 2. The first-order valence-electron chi connectivity index (χ1n) is 8.09. The molecule has 3 rings (SSSR count). The van der Waals surface area contributed by atoms with Gasteiger partial charge >= 0.3 is 5.97 Å². The third-order valence-corrected chi connectivity index (χ3v) is 4.44. The molecule has 0 aliphatic rings. The van der Waals surface area contributed by atoms with E-state index in [1.807, 2.05) is 0 Å². The molecular weight excluding hydrogens is 408 g/mol. The zero-order valence-corrected chi connectivity index (χ0v) is 16.1. The van der Waals surface area contributed by atoms with Gasteiger partial charge in [0, 0.05) is 0 Å². The third-order valence-electron chi connectivity index (χ3n) is 3.76. The van der Waals surface area contributed by atoms with E-state index in [1.165, 1.54) is 28.9 Å². The van der Waals surface area contributed by atoms with E-state index in [4.69, 9.17) is 27.9 Å².